The molecule has 2 N–H and O–H groups in total. The number of anilines is 1. The number of urea groups is 1. The summed E-state index contributed by atoms with van der Waals surface area (Å²) in [7, 11) is 0. The summed E-state index contributed by atoms with van der Waals surface area (Å²) < 4.78 is 1.89. The number of hydrogen-bond donors (Lipinski definition) is 2. The van der Waals surface area contributed by atoms with Crippen LogP contribution in [0.25, 0.3) is 0 Å². The van der Waals surface area contributed by atoms with Gasteiger partial charge in [0.05, 0.1) is 6.54 Å². The van der Waals surface area contributed by atoms with Crippen molar-refractivity contribution in [1.82, 2.24) is 20.1 Å². The lowest BCUT2D eigenvalue weighted by molar-refractivity contribution is 0.251. The van der Waals surface area contributed by atoms with Crippen LogP contribution in [0.4, 0.5) is 10.5 Å². The SMILES string of the molecule is CC(C)n1cnnc1CNC(=O)Nc1cc(Cl)cc(Cl)c1. The maximum absolute atomic E-state index is 11.8. The first-order valence-electron chi connectivity index (χ1n) is 6.35. The Morgan fingerprint density at radius 1 is 1.29 bits per heavy atom. The zero-order valence-electron chi connectivity index (χ0n) is 11.6. The predicted molar refractivity (Wildman–Crippen MR) is 82.7 cm³/mol. The molecule has 0 spiro atoms. The molecule has 0 saturated carbocycles. The monoisotopic (exact) mass is 327 g/mol. The fourth-order valence-electron chi connectivity index (χ4n) is 1.79. The largest absolute Gasteiger partial charge is 0.331 e. The summed E-state index contributed by atoms with van der Waals surface area (Å²) >= 11 is 11.7. The van der Waals surface area contributed by atoms with Crippen molar-refractivity contribution in [2.45, 2.75) is 26.4 Å². The Kier molecular flexibility index (Phi) is 5.03. The van der Waals surface area contributed by atoms with Gasteiger partial charge in [-0.1, -0.05) is 23.2 Å². The molecule has 6 nitrogen and oxygen atoms in total. The molecule has 1 aromatic carbocycles. The number of nitrogens with zero attached hydrogens (tertiary/aromatic N) is 3. The van der Waals surface area contributed by atoms with Gasteiger partial charge in [-0.2, -0.15) is 0 Å². The van der Waals surface area contributed by atoms with Gasteiger partial charge in [0.15, 0.2) is 5.82 Å². The Morgan fingerprint density at radius 3 is 2.57 bits per heavy atom. The van der Waals surface area contributed by atoms with Crippen molar-refractivity contribution >= 4 is 34.9 Å². The van der Waals surface area contributed by atoms with Gasteiger partial charge in [0.1, 0.15) is 6.33 Å². The van der Waals surface area contributed by atoms with Crippen molar-refractivity contribution < 1.29 is 4.79 Å². The van der Waals surface area contributed by atoms with Crippen molar-refractivity contribution in [3.63, 3.8) is 0 Å². The normalized spacial score (nSPS) is 10.7. The number of nitrogens with one attached hydrogen (secondary N) is 2. The van der Waals surface area contributed by atoms with Crippen LogP contribution in [0.15, 0.2) is 24.5 Å². The van der Waals surface area contributed by atoms with E-state index in [1.807, 2.05) is 18.4 Å². The third-order valence-electron chi connectivity index (χ3n) is 2.73. The summed E-state index contributed by atoms with van der Waals surface area (Å²) in [6.45, 7) is 4.31. The van der Waals surface area contributed by atoms with Gasteiger partial charge in [0, 0.05) is 21.8 Å². The average molecular weight is 328 g/mol. The van der Waals surface area contributed by atoms with Crippen LogP contribution in [-0.4, -0.2) is 20.8 Å². The zero-order valence-corrected chi connectivity index (χ0v) is 13.1. The number of rotatable bonds is 4. The molecule has 0 fully saturated rings. The summed E-state index contributed by atoms with van der Waals surface area (Å²) in [4.78, 5) is 11.8. The Labute approximate surface area is 132 Å². The number of hydrogen-bond acceptors (Lipinski definition) is 3. The molecule has 21 heavy (non-hydrogen) atoms. The lowest BCUT2D eigenvalue weighted by atomic mass is 10.3. The Morgan fingerprint density at radius 2 is 1.95 bits per heavy atom. The van der Waals surface area contributed by atoms with Gasteiger partial charge in [0.25, 0.3) is 0 Å². The van der Waals surface area contributed by atoms with Crippen molar-refractivity contribution in [2.75, 3.05) is 5.32 Å². The van der Waals surface area contributed by atoms with Gasteiger partial charge in [0.2, 0.25) is 0 Å². The molecule has 0 unspecified atom stereocenters. The number of benzene rings is 1. The maximum Gasteiger partial charge on any atom is 0.319 e. The Bertz CT molecular complexity index is 621. The van der Waals surface area contributed by atoms with E-state index in [1.165, 1.54) is 0 Å². The summed E-state index contributed by atoms with van der Waals surface area (Å²) in [6.07, 6.45) is 1.64. The van der Waals surface area contributed by atoms with E-state index in [0.717, 1.165) is 0 Å². The first kappa shape index (κ1) is 15.6. The van der Waals surface area contributed by atoms with E-state index in [1.54, 1.807) is 24.5 Å². The third kappa shape index (κ3) is 4.34. The lowest BCUT2D eigenvalue weighted by Gasteiger charge is -2.11. The minimum Gasteiger partial charge on any atom is -0.331 e. The molecule has 0 aliphatic carbocycles. The molecule has 0 atom stereocenters. The van der Waals surface area contributed by atoms with Crippen molar-refractivity contribution in [3.8, 4) is 0 Å². The van der Waals surface area contributed by atoms with Gasteiger partial charge in [-0.3, -0.25) is 0 Å². The van der Waals surface area contributed by atoms with E-state index < -0.39 is 0 Å². The number of aromatic nitrogens is 3. The van der Waals surface area contributed by atoms with E-state index in [-0.39, 0.29) is 18.6 Å². The minimum atomic E-state index is -0.369. The number of carbonyl (C=O) groups is 1. The molecule has 0 aliphatic heterocycles. The topological polar surface area (TPSA) is 71.8 Å². The number of amides is 2. The molecular weight excluding hydrogens is 313 g/mol. The molecule has 0 bridgehead atoms. The molecule has 2 aromatic rings. The van der Waals surface area contributed by atoms with E-state index in [9.17, 15) is 4.79 Å². The smallest absolute Gasteiger partial charge is 0.319 e. The van der Waals surface area contributed by atoms with Crippen LogP contribution in [0, 0.1) is 0 Å². The highest BCUT2D eigenvalue weighted by molar-refractivity contribution is 6.35. The highest BCUT2D eigenvalue weighted by Crippen LogP contribution is 2.22. The van der Waals surface area contributed by atoms with E-state index in [2.05, 4.69) is 20.8 Å². The summed E-state index contributed by atoms with van der Waals surface area (Å²) in [5.41, 5.74) is 0.523. The molecule has 112 valence electrons. The van der Waals surface area contributed by atoms with Crippen molar-refractivity contribution in [3.05, 3.63) is 40.4 Å². The standard InChI is InChI=1S/C13H15Cl2N5O/c1-8(2)20-7-17-19-12(20)6-16-13(21)18-11-4-9(14)3-10(15)5-11/h3-5,7-8H,6H2,1-2H3,(H2,16,18,21). The lowest BCUT2D eigenvalue weighted by Crippen LogP contribution is -2.29. The summed E-state index contributed by atoms with van der Waals surface area (Å²) in [6, 6.07) is 4.68. The van der Waals surface area contributed by atoms with Crippen molar-refractivity contribution in [1.29, 1.82) is 0 Å². The first-order chi connectivity index (χ1) is 9.95. The highest BCUT2D eigenvalue weighted by Gasteiger charge is 2.09. The molecule has 0 radical (unpaired) electrons. The van der Waals surface area contributed by atoms with Gasteiger partial charge < -0.3 is 15.2 Å². The third-order valence-corrected chi connectivity index (χ3v) is 3.17. The molecule has 2 amide bonds. The van der Waals surface area contributed by atoms with Crippen LogP contribution in [-0.2, 0) is 6.54 Å². The van der Waals surface area contributed by atoms with Crippen LogP contribution < -0.4 is 10.6 Å². The number of halogens is 2. The van der Waals surface area contributed by atoms with Crippen molar-refractivity contribution in [2.24, 2.45) is 0 Å². The van der Waals surface area contributed by atoms with Crippen LogP contribution in [0.5, 0.6) is 0 Å². The molecule has 2 rings (SSSR count). The Hall–Kier alpha value is -1.79. The minimum absolute atomic E-state index is 0.228. The fourth-order valence-corrected chi connectivity index (χ4v) is 2.31. The Balaban J connectivity index is 1.94. The van der Waals surface area contributed by atoms with Crippen LogP contribution in [0.3, 0.4) is 0 Å². The second-order valence-corrected chi connectivity index (χ2v) is 5.59. The highest BCUT2D eigenvalue weighted by atomic mass is 35.5. The average Bonchev–Trinajstić information content (AvgIpc) is 2.83. The van der Waals surface area contributed by atoms with Crippen LogP contribution in [0.1, 0.15) is 25.7 Å². The molecular formula is C13H15Cl2N5O. The molecule has 1 aromatic heterocycles. The quantitative estimate of drug-likeness (QED) is 0.902. The fraction of sp³-hybridized carbons (Fsp3) is 0.308. The van der Waals surface area contributed by atoms with Gasteiger partial charge in [-0.05, 0) is 32.0 Å². The van der Waals surface area contributed by atoms with Crippen LogP contribution >= 0.6 is 23.2 Å². The van der Waals surface area contributed by atoms with E-state index in [4.69, 9.17) is 23.2 Å². The van der Waals surface area contributed by atoms with E-state index >= 15 is 0 Å². The first-order valence-corrected chi connectivity index (χ1v) is 7.10. The second-order valence-electron chi connectivity index (χ2n) is 4.71. The zero-order chi connectivity index (χ0) is 15.4. The number of carbonyl (C=O) groups excluding carboxylic acids is 1. The summed E-state index contributed by atoms with van der Waals surface area (Å²) in [5, 5.41) is 14.1. The van der Waals surface area contributed by atoms with E-state index in [0.29, 0.717) is 21.6 Å². The van der Waals surface area contributed by atoms with Gasteiger partial charge >= 0.3 is 6.03 Å². The maximum atomic E-state index is 11.8. The molecule has 0 aliphatic rings. The second kappa shape index (κ2) is 6.78. The summed E-state index contributed by atoms with van der Waals surface area (Å²) in [5.74, 6) is 0.685. The van der Waals surface area contributed by atoms with Gasteiger partial charge in [-0.25, -0.2) is 4.79 Å². The molecule has 8 heteroatoms. The predicted octanol–water partition coefficient (Wildman–Crippen LogP) is 3.49. The van der Waals surface area contributed by atoms with Crippen LogP contribution in [0.2, 0.25) is 10.0 Å². The van der Waals surface area contributed by atoms with Gasteiger partial charge in [-0.15, -0.1) is 10.2 Å². The molecule has 1 heterocycles. The molecule has 0 saturated heterocycles.